The third-order valence-electron chi connectivity index (χ3n) is 5.87. The van der Waals surface area contributed by atoms with Crippen molar-refractivity contribution in [2.75, 3.05) is 25.2 Å². The van der Waals surface area contributed by atoms with E-state index in [1.165, 1.54) is 12.0 Å². The number of unbranched alkanes of at least 4 members (excludes halogenated alkanes) is 1. The fourth-order valence-corrected chi connectivity index (χ4v) is 4.65. The van der Waals surface area contributed by atoms with Crippen LogP contribution in [0.3, 0.4) is 0 Å². The van der Waals surface area contributed by atoms with Crippen LogP contribution < -0.4 is 14.4 Å². The number of benzene rings is 2. The molecule has 1 aliphatic rings. The van der Waals surface area contributed by atoms with Gasteiger partial charge in [0, 0.05) is 17.7 Å². The van der Waals surface area contributed by atoms with Gasteiger partial charge in [0.15, 0.2) is 6.10 Å². The minimum absolute atomic E-state index is 0.107. The van der Waals surface area contributed by atoms with Crippen molar-refractivity contribution in [1.82, 2.24) is 4.72 Å². The molecule has 1 aliphatic heterocycles. The highest BCUT2D eigenvalue weighted by Crippen LogP contribution is 2.27. The van der Waals surface area contributed by atoms with E-state index in [2.05, 4.69) is 10.8 Å². The Kier molecular flexibility index (Phi) is 9.41. The quantitative estimate of drug-likeness (QED) is 0.337. The second kappa shape index (κ2) is 12.5. The number of cyclic esters (lactones) is 1. The molecule has 11 heteroatoms. The molecule has 0 aliphatic carbocycles. The molecule has 1 N–H and O–H groups in total. The molecule has 2 aromatic rings. The van der Waals surface area contributed by atoms with Crippen LogP contribution in [-0.2, 0) is 32.0 Å². The fourth-order valence-electron chi connectivity index (χ4n) is 4.07. The summed E-state index contributed by atoms with van der Waals surface area (Å²) in [6, 6.07) is 15.7. The van der Waals surface area contributed by atoms with Gasteiger partial charge in [0.05, 0.1) is 24.9 Å². The van der Waals surface area contributed by atoms with E-state index in [-0.39, 0.29) is 19.6 Å². The molecule has 3 rings (SSSR count). The number of nitriles is 1. The first kappa shape index (κ1) is 27.1. The van der Waals surface area contributed by atoms with Gasteiger partial charge in [-0.1, -0.05) is 44.0 Å². The zero-order valence-corrected chi connectivity index (χ0v) is 20.9. The molecule has 192 valence electrons. The zero-order valence-electron chi connectivity index (χ0n) is 20.1. The first-order valence-corrected chi connectivity index (χ1v) is 12.5. The largest absolute Gasteiger partial charge is 0.760 e. The van der Waals surface area contributed by atoms with Crippen molar-refractivity contribution in [2.24, 2.45) is 0 Å². The third-order valence-corrected chi connectivity index (χ3v) is 6.42. The Morgan fingerprint density at radius 3 is 2.67 bits per heavy atom. The summed E-state index contributed by atoms with van der Waals surface area (Å²) >= 11 is -2.65. The smallest absolute Gasteiger partial charge is 0.414 e. The van der Waals surface area contributed by atoms with Gasteiger partial charge in [0.25, 0.3) is 0 Å². The van der Waals surface area contributed by atoms with E-state index in [0.29, 0.717) is 35.4 Å². The molecule has 36 heavy (non-hydrogen) atoms. The predicted molar refractivity (Wildman–Crippen MR) is 131 cm³/mol. The summed E-state index contributed by atoms with van der Waals surface area (Å²) < 4.78 is 41.3. The molecule has 3 unspecified atom stereocenters. The summed E-state index contributed by atoms with van der Waals surface area (Å²) in [5.74, 6) is -0.130. The van der Waals surface area contributed by atoms with Crippen LogP contribution in [0.2, 0.25) is 0 Å². The SMILES string of the molecule is CCCCC(Cc1ccc(OCC2CN(c3ccccc3C#N)C(=O)O2)cc1)(NS(=O)[O-])C(=O)OC. The molecule has 1 amide bonds. The van der Waals surface area contributed by atoms with E-state index in [0.717, 1.165) is 6.42 Å². The number of hydrogen-bond acceptors (Lipinski definition) is 8. The van der Waals surface area contributed by atoms with Crippen molar-refractivity contribution < 1.29 is 32.6 Å². The highest BCUT2D eigenvalue weighted by Gasteiger charge is 2.39. The predicted octanol–water partition coefficient (Wildman–Crippen LogP) is 2.99. The number of rotatable bonds is 12. The van der Waals surface area contributed by atoms with Gasteiger partial charge in [-0.15, -0.1) is 0 Å². The molecule has 0 bridgehead atoms. The Morgan fingerprint density at radius 2 is 2.03 bits per heavy atom. The van der Waals surface area contributed by atoms with Gasteiger partial charge < -0.3 is 18.8 Å². The highest BCUT2D eigenvalue weighted by atomic mass is 32.2. The molecule has 0 aromatic heterocycles. The number of carbonyl (C=O) groups excluding carboxylic acids is 2. The number of ether oxygens (including phenoxy) is 3. The number of nitrogens with one attached hydrogen (secondary N) is 1. The van der Waals surface area contributed by atoms with Gasteiger partial charge in [-0.25, -0.2) is 9.52 Å². The maximum atomic E-state index is 12.5. The molecule has 0 spiro atoms. The molecule has 1 saturated heterocycles. The minimum Gasteiger partial charge on any atom is -0.760 e. The number of methoxy groups -OCH3 is 1. The summed E-state index contributed by atoms with van der Waals surface area (Å²) in [6.07, 6.45) is 0.750. The van der Waals surface area contributed by atoms with Crippen LogP contribution in [0.1, 0.15) is 37.3 Å². The van der Waals surface area contributed by atoms with E-state index in [9.17, 15) is 23.6 Å². The first-order chi connectivity index (χ1) is 17.3. The van der Waals surface area contributed by atoms with E-state index in [1.54, 1.807) is 48.5 Å². The van der Waals surface area contributed by atoms with Gasteiger partial charge in [-0.05, 0) is 36.2 Å². The van der Waals surface area contributed by atoms with Crippen molar-refractivity contribution in [3.05, 3.63) is 59.7 Å². The monoisotopic (exact) mass is 514 g/mol. The molecular formula is C25H28N3O7S-. The second-order valence-electron chi connectivity index (χ2n) is 8.39. The van der Waals surface area contributed by atoms with E-state index in [4.69, 9.17) is 14.2 Å². The molecule has 0 saturated carbocycles. The highest BCUT2D eigenvalue weighted by molar-refractivity contribution is 7.77. The average Bonchev–Trinajstić information content (AvgIpc) is 3.26. The zero-order chi connectivity index (χ0) is 26.1. The minimum atomic E-state index is -2.65. The molecule has 3 atom stereocenters. The van der Waals surface area contributed by atoms with Crippen LogP contribution >= 0.6 is 0 Å². The van der Waals surface area contributed by atoms with Crippen molar-refractivity contribution in [2.45, 2.75) is 44.2 Å². The van der Waals surface area contributed by atoms with Crippen LogP contribution in [-0.4, -0.2) is 52.7 Å². The molecule has 1 fully saturated rings. The average molecular weight is 515 g/mol. The third kappa shape index (κ3) is 6.60. The normalized spacial score (nSPS) is 17.6. The number of nitrogens with zero attached hydrogens (tertiary/aromatic N) is 2. The second-order valence-corrected chi connectivity index (χ2v) is 9.06. The van der Waals surface area contributed by atoms with Crippen LogP contribution in [0.4, 0.5) is 10.5 Å². The summed E-state index contributed by atoms with van der Waals surface area (Å²) in [7, 11) is 1.23. The van der Waals surface area contributed by atoms with Gasteiger partial charge in [-0.3, -0.25) is 13.9 Å². The van der Waals surface area contributed by atoms with Gasteiger partial charge in [0.2, 0.25) is 0 Å². The lowest BCUT2D eigenvalue weighted by molar-refractivity contribution is -0.148. The Morgan fingerprint density at radius 1 is 1.31 bits per heavy atom. The first-order valence-electron chi connectivity index (χ1n) is 11.5. The fraction of sp³-hybridized carbons (Fsp3) is 0.400. The van der Waals surface area contributed by atoms with Crippen LogP contribution in [0, 0.1) is 11.3 Å². The lowest BCUT2D eigenvalue weighted by atomic mass is 9.87. The van der Waals surface area contributed by atoms with Crippen LogP contribution in [0.25, 0.3) is 0 Å². The lowest BCUT2D eigenvalue weighted by Crippen LogP contribution is -2.55. The van der Waals surface area contributed by atoms with Crippen LogP contribution in [0.15, 0.2) is 48.5 Å². The Balaban J connectivity index is 1.64. The van der Waals surface area contributed by atoms with E-state index >= 15 is 0 Å². The summed E-state index contributed by atoms with van der Waals surface area (Å²) in [5.41, 5.74) is 0.180. The number of hydrogen-bond donors (Lipinski definition) is 1. The Hall–Kier alpha value is -3.46. The van der Waals surface area contributed by atoms with E-state index in [1.807, 2.05) is 6.92 Å². The summed E-state index contributed by atoms with van der Waals surface area (Å²) in [5, 5.41) is 9.29. The summed E-state index contributed by atoms with van der Waals surface area (Å²) in [4.78, 5) is 26.3. The molecule has 2 aromatic carbocycles. The topological polar surface area (TPSA) is 141 Å². The molecule has 10 nitrogen and oxygen atoms in total. The maximum absolute atomic E-state index is 12.5. The number of anilines is 1. The Labute approximate surface area is 212 Å². The van der Waals surface area contributed by atoms with Crippen LogP contribution in [0.5, 0.6) is 5.75 Å². The number of para-hydroxylation sites is 1. The molecule has 1 heterocycles. The van der Waals surface area contributed by atoms with Gasteiger partial charge in [0.1, 0.15) is 24.0 Å². The van der Waals surface area contributed by atoms with Gasteiger partial charge in [-0.2, -0.15) is 5.26 Å². The number of carbonyl (C=O) groups is 2. The lowest BCUT2D eigenvalue weighted by Gasteiger charge is -2.33. The number of amides is 1. The molecule has 0 radical (unpaired) electrons. The van der Waals surface area contributed by atoms with Gasteiger partial charge >= 0.3 is 12.1 Å². The number of esters is 1. The standard InChI is InChI=1S/C25H29N3O7S/c1-3-4-13-25(23(29)33-2,27-36(31)32)14-18-9-11-20(12-10-18)34-17-21-16-28(24(30)35-21)22-8-6-5-7-19(22)15-26/h5-12,21,27H,3-4,13-14,16-17H2,1-2H3,(H,31,32)/p-1. The Bertz CT molecular complexity index is 1140. The maximum Gasteiger partial charge on any atom is 0.414 e. The molecular weight excluding hydrogens is 486 g/mol. The van der Waals surface area contributed by atoms with Crippen molar-refractivity contribution in [3.8, 4) is 11.8 Å². The van der Waals surface area contributed by atoms with E-state index < -0.39 is 35.0 Å². The van der Waals surface area contributed by atoms with Crippen molar-refractivity contribution >= 4 is 29.0 Å². The van der Waals surface area contributed by atoms with Crippen molar-refractivity contribution in [3.63, 3.8) is 0 Å². The van der Waals surface area contributed by atoms with Crippen molar-refractivity contribution in [1.29, 1.82) is 5.26 Å². The summed E-state index contributed by atoms with van der Waals surface area (Å²) in [6.45, 7) is 2.30.